The Hall–Kier alpha value is -3.62. The smallest absolute Gasteiger partial charge is 0.279 e. The molecule has 0 bridgehead atoms. The highest BCUT2D eigenvalue weighted by Crippen LogP contribution is 2.24. The van der Waals surface area contributed by atoms with Crippen LogP contribution in [0.25, 0.3) is 0 Å². The summed E-state index contributed by atoms with van der Waals surface area (Å²) in [5.41, 5.74) is 6.03. The van der Waals surface area contributed by atoms with Gasteiger partial charge in [-0.15, -0.1) is 0 Å². The average Bonchev–Trinajstić information content (AvgIpc) is 2.68. The third-order valence-electron chi connectivity index (χ3n) is 4.17. The number of carbonyl (C=O) groups excluding carboxylic acids is 2. The predicted molar refractivity (Wildman–Crippen MR) is 101 cm³/mol. The highest BCUT2D eigenvalue weighted by molar-refractivity contribution is 5.98. The number of amides is 2. The first-order valence-corrected chi connectivity index (χ1v) is 8.40. The molecule has 2 aromatic rings. The SMILES string of the molecule is COc1ccc([N+](=O)[O-])cc1C(=O)NNC(=O)[C@H](C)Oc1cccc(C)c1C. The van der Waals surface area contributed by atoms with Crippen LogP contribution in [0.15, 0.2) is 36.4 Å². The number of hydrazine groups is 1. The molecule has 2 amide bonds. The Morgan fingerprint density at radius 2 is 1.82 bits per heavy atom. The minimum atomic E-state index is -0.882. The van der Waals surface area contributed by atoms with Gasteiger partial charge < -0.3 is 9.47 Å². The lowest BCUT2D eigenvalue weighted by atomic mass is 10.1. The summed E-state index contributed by atoms with van der Waals surface area (Å²) in [6.45, 7) is 5.35. The highest BCUT2D eigenvalue weighted by Gasteiger charge is 2.20. The van der Waals surface area contributed by atoms with E-state index in [1.165, 1.54) is 26.2 Å². The summed E-state index contributed by atoms with van der Waals surface area (Å²) < 4.78 is 10.7. The van der Waals surface area contributed by atoms with Crippen LogP contribution >= 0.6 is 0 Å². The summed E-state index contributed by atoms with van der Waals surface area (Å²) in [5.74, 6) is -0.641. The minimum absolute atomic E-state index is 0.0832. The fourth-order valence-electron chi connectivity index (χ4n) is 2.37. The van der Waals surface area contributed by atoms with Gasteiger partial charge in [-0.2, -0.15) is 0 Å². The van der Waals surface area contributed by atoms with Crippen LogP contribution in [0.3, 0.4) is 0 Å². The molecule has 0 aromatic heterocycles. The zero-order valence-corrected chi connectivity index (χ0v) is 15.9. The van der Waals surface area contributed by atoms with E-state index in [0.717, 1.165) is 17.2 Å². The van der Waals surface area contributed by atoms with Crippen molar-refractivity contribution in [2.45, 2.75) is 26.9 Å². The fourth-order valence-corrected chi connectivity index (χ4v) is 2.37. The number of nitro benzene ring substituents is 1. The zero-order valence-electron chi connectivity index (χ0n) is 15.9. The van der Waals surface area contributed by atoms with E-state index in [-0.39, 0.29) is 17.0 Å². The average molecular weight is 387 g/mol. The quantitative estimate of drug-likeness (QED) is 0.580. The van der Waals surface area contributed by atoms with Crippen LogP contribution in [0.2, 0.25) is 0 Å². The largest absolute Gasteiger partial charge is 0.496 e. The van der Waals surface area contributed by atoms with Gasteiger partial charge in [0.15, 0.2) is 6.10 Å². The molecule has 0 saturated carbocycles. The van der Waals surface area contributed by atoms with Crippen LogP contribution in [0, 0.1) is 24.0 Å². The first-order valence-electron chi connectivity index (χ1n) is 8.40. The number of hydrogen-bond donors (Lipinski definition) is 2. The van der Waals surface area contributed by atoms with Gasteiger partial charge in [0, 0.05) is 12.1 Å². The van der Waals surface area contributed by atoms with Crippen molar-refractivity contribution in [3.8, 4) is 11.5 Å². The van der Waals surface area contributed by atoms with Crippen molar-refractivity contribution in [3.05, 3.63) is 63.2 Å². The third kappa shape index (κ3) is 4.76. The van der Waals surface area contributed by atoms with Gasteiger partial charge in [0.05, 0.1) is 17.6 Å². The van der Waals surface area contributed by atoms with Crippen LogP contribution in [-0.2, 0) is 4.79 Å². The maximum atomic E-state index is 12.3. The van der Waals surface area contributed by atoms with E-state index in [9.17, 15) is 19.7 Å². The number of hydrogen-bond acceptors (Lipinski definition) is 6. The summed E-state index contributed by atoms with van der Waals surface area (Å²) >= 11 is 0. The van der Waals surface area contributed by atoms with Crippen molar-refractivity contribution in [2.24, 2.45) is 0 Å². The summed E-state index contributed by atoms with van der Waals surface area (Å²) in [4.78, 5) is 34.8. The van der Waals surface area contributed by atoms with E-state index in [0.29, 0.717) is 5.75 Å². The summed E-state index contributed by atoms with van der Waals surface area (Å²) in [6.07, 6.45) is -0.882. The maximum Gasteiger partial charge on any atom is 0.279 e. The number of methoxy groups -OCH3 is 1. The number of nitrogens with one attached hydrogen (secondary N) is 2. The summed E-state index contributed by atoms with van der Waals surface area (Å²) in [6, 6.07) is 9.09. The van der Waals surface area contributed by atoms with E-state index < -0.39 is 22.8 Å². The summed E-state index contributed by atoms with van der Waals surface area (Å²) in [5, 5.41) is 10.9. The Bertz CT molecular complexity index is 913. The molecule has 0 radical (unpaired) electrons. The van der Waals surface area contributed by atoms with Crippen molar-refractivity contribution in [1.29, 1.82) is 0 Å². The molecule has 9 heteroatoms. The van der Waals surface area contributed by atoms with Gasteiger partial charge >= 0.3 is 0 Å². The Morgan fingerprint density at radius 3 is 2.46 bits per heavy atom. The van der Waals surface area contributed by atoms with E-state index in [2.05, 4.69) is 10.9 Å². The molecule has 1 atom stereocenters. The molecule has 148 valence electrons. The number of benzene rings is 2. The molecule has 2 aromatic carbocycles. The molecular weight excluding hydrogens is 366 g/mol. The lowest BCUT2D eigenvalue weighted by Gasteiger charge is -2.17. The van der Waals surface area contributed by atoms with Crippen LogP contribution in [0.5, 0.6) is 11.5 Å². The molecule has 0 fully saturated rings. The van der Waals surface area contributed by atoms with Gasteiger partial charge in [0.1, 0.15) is 11.5 Å². The predicted octanol–water partition coefficient (Wildman–Crippen LogP) is 2.45. The van der Waals surface area contributed by atoms with Gasteiger partial charge in [0.25, 0.3) is 17.5 Å². The molecule has 9 nitrogen and oxygen atoms in total. The van der Waals surface area contributed by atoms with Gasteiger partial charge in [0.2, 0.25) is 0 Å². The number of carbonyl (C=O) groups is 2. The lowest BCUT2D eigenvalue weighted by Crippen LogP contribution is -2.47. The topological polar surface area (TPSA) is 120 Å². The Labute approximate surface area is 161 Å². The molecule has 2 rings (SSSR count). The van der Waals surface area contributed by atoms with Crippen LogP contribution in [-0.4, -0.2) is 30.0 Å². The van der Waals surface area contributed by atoms with Gasteiger partial charge in [-0.3, -0.25) is 30.6 Å². The van der Waals surface area contributed by atoms with E-state index in [4.69, 9.17) is 9.47 Å². The van der Waals surface area contributed by atoms with Gasteiger partial charge in [-0.25, -0.2) is 0 Å². The van der Waals surface area contributed by atoms with Crippen molar-refractivity contribution in [2.75, 3.05) is 7.11 Å². The third-order valence-corrected chi connectivity index (χ3v) is 4.17. The normalized spacial score (nSPS) is 11.3. The zero-order chi connectivity index (χ0) is 20.8. The van der Waals surface area contributed by atoms with E-state index in [1.54, 1.807) is 6.07 Å². The Kier molecular flexibility index (Phi) is 6.54. The second-order valence-electron chi connectivity index (χ2n) is 6.04. The molecule has 0 spiro atoms. The number of non-ortho nitro benzene ring substituents is 1. The molecule has 0 aliphatic carbocycles. The number of ether oxygens (including phenoxy) is 2. The maximum absolute atomic E-state index is 12.3. The first-order chi connectivity index (χ1) is 13.2. The molecule has 0 heterocycles. The van der Waals surface area contributed by atoms with E-state index in [1.807, 2.05) is 26.0 Å². The van der Waals surface area contributed by atoms with Crippen molar-refractivity contribution >= 4 is 17.5 Å². The molecule has 0 unspecified atom stereocenters. The molecular formula is C19H21N3O6. The van der Waals surface area contributed by atoms with Crippen molar-refractivity contribution in [3.63, 3.8) is 0 Å². The Balaban J connectivity index is 2.04. The second-order valence-corrected chi connectivity index (χ2v) is 6.04. The number of aryl methyl sites for hydroxylation is 1. The van der Waals surface area contributed by atoms with Gasteiger partial charge in [-0.1, -0.05) is 12.1 Å². The van der Waals surface area contributed by atoms with Crippen LogP contribution in [0.4, 0.5) is 5.69 Å². The van der Waals surface area contributed by atoms with Crippen molar-refractivity contribution < 1.29 is 24.0 Å². The molecule has 28 heavy (non-hydrogen) atoms. The number of nitrogens with zero attached hydrogens (tertiary/aromatic N) is 1. The van der Waals surface area contributed by atoms with E-state index >= 15 is 0 Å². The molecule has 0 aliphatic heterocycles. The number of rotatable bonds is 6. The molecule has 0 aliphatic rings. The fraction of sp³-hybridized carbons (Fsp3) is 0.263. The lowest BCUT2D eigenvalue weighted by molar-refractivity contribution is -0.384. The van der Waals surface area contributed by atoms with Crippen LogP contribution in [0.1, 0.15) is 28.4 Å². The molecule has 0 saturated heterocycles. The highest BCUT2D eigenvalue weighted by atomic mass is 16.6. The summed E-state index contributed by atoms with van der Waals surface area (Å²) in [7, 11) is 1.33. The minimum Gasteiger partial charge on any atom is -0.496 e. The van der Waals surface area contributed by atoms with Crippen LogP contribution < -0.4 is 20.3 Å². The van der Waals surface area contributed by atoms with Crippen molar-refractivity contribution in [1.82, 2.24) is 10.9 Å². The first kappa shape index (κ1) is 20.7. The second kappa shape index (κ2) is 8.85. The Morgan fingerprint density at radius 1 is 1.11 bits per heavy atom. The molecule has 2 N–H and O–H groups in total. The number of nitro groups is 1. The standard InChI is InChI=1S/C19H21N3O6/c1-11-6-5-7-16(12(11)2)28-13(3)18(23)20-21-19(24)15-10-14(22(25)26)8-9-17(15)27-4/h5-10,13H,1-4H3,(H,20,23)(H,21,24)/t13-/m0/s1. The monoisotopic (exact) mass is 387 g/mol. The van der Waals surface area contributed by atoms with Gasteiger partial charge in [-0.05, 0) is 44.0 Å².